The van der Waals surface area contributed by atoms with Crippen molar-refractivity contribution in [3.8, 4) is 0 Å². The number of hydrogen-bond donors (Lipinski definition) is 1. The Bertz CT molecular complexity index is 326. The first kappa shape index (κ1) is 12.4. The summed E-state index contributed by atoms with van der Waals surface area (Å²) in [6.07, 6.45) is 8.62. The van der Waals surface area contributed by atoms with Crippen molar-refractivity contribution in [2.45, 2.75) is 69.1 Å². The van der Waals surface area contributed by atoms with E-state index in [1.165, 1.54) is 19.3 Å². The first-order valence-corrected chi connectivity index (χ1v) is 7.38. The smallest absolute Gasteiger partial charge is 0.224 e. The van der Waals surface area contributed by atoms with E-state index in [0.29, 0.717) is 25.2 Å². The zero-order valence-electron chi connectivity index (χ0n) is 11.1. The summed E-state index contributed by atoms with van der Waals surface area (Å²) in [5.74, 6) is 0.264. The Kier molecular flexibility index (Phi) is 3.32. The molecule has 0 bridgehead atoms. The lowest BCUT2D eigenvalue weighted by Gasteiger charge is -2.39. The molecule has 102 valence electrons. The average Bonchev–Trinajstić information content (AvgIpc) is 2.96. The molecule has 3 aliphatic rings. The molecule has 2 aliphatic carbocycles. The number of rotatable bonds is 2. The van der Waals surface area contributed by atoms with Crippen LogP contribution < -0.4 is 5.73 Å². The van der Waals surface area contributed by atoms with Crippen LogP contribution in [0.5, 0.6) is 0 Å². The number of carbonyl (C=O) groups excluding carboxylic acids is 1. The molecule has 0 radical (unpaired) electrons. The SMILES string of the molecule is NC1(CC(=O)N2CCOC3CCCC32)CCCC1. The number of carbonyl (C=O) groups is 1. The lowest BCUT2D eigenvalue weighted by atomic mass is 9.93. The molecule has 2 unspecified atom stereocenters. The lowest BCUT2D eigenvalue weighted by Crippen LogP contribution is -2.53. The van der Waals surface area contributed by atoms with Crippen LogP contribution in [-0.4, -0.2) is 41.6 Å². The van der Waals surface area contributed by atoms with Gasteiger partial charge in [0.2, 0.25) is 5.91 Å². The minimum Gasteiger partial charge on any atom is -0.374 e. The van der Waals surface area contributed by atoms with E-state index in [1.807, 2.05) is 0 Å². The van der Waals surface area contributed by atoms with Crippen molar-refractivity contribution in [3.63, 3.8) is 0 Å². The number of nitrogens with zero attached hydrogens (tertiary/aromatic N) is 1. The molecule has 3 fully saturated rings. The Labute approximate surface area is 109 Å². The Hall–Kier alpha value is -0.610. The number of fused-ring (bicyclic) bond motifs is 1. The van der Waals surface area contributed by atoms with Crippen LogP contribution in [0.15, 0.2) is 0 Å². The predicted octanol–water partition coefficient (Wildman–Crippen LogP) is 1.43. The monoisotopic (exact) mass is 252 g/mol. The second-order valence-corrected chi connectivity index (χ2v) is 6.24. The van der Waals surface area contributed by atoms with Gasteiger partial charge in [0.25, 0.3) is 0 Å². The maximum Gasteiger partial charge on any atom is 0.224 e. The third-order valence-corrected chi connectivity index (χ3v) is 4.91. The number of nitrogens with two attached hydrogens (primary N) is 1. The van der Waals surface area contributed by atoms with Crippen molar-refractivity contribution in [3.05, 3.63) is 0 Å². The molecule has 2 N–H and O–H groups in total. The largest absolute Gasteiger partial charge is 0.374 e. The van der Waals surface area contributed by atoms with E-state index in [1.54, 1.807) is 0 Å². The lowest BCUT2D eigenvalue weighted by molar-refractivity contribution is -0.145. The molecular weight excluding hydrogens is 228 g/mol. The summed E-state index contributed by atoms with van der Waals surface area (Å²) >= 11 is 0. The molecule has 0 aromatic rings. The third-order valence-electron chi connectivity index (χ3n) is 4.91. The zero-order chi connectivity index (χ0) is 12.6. The summed E-state index contributed by atoms with van der Waals surface area (Å²) in [6.45, 7) is 1.46. The number of hydrogen-bond acceptors (Lipinski definition) is 3. The van der Waals surface area contributed by atoms with E-state index >= 15 is 0 Å². The molecule has 1 saturated heterocycles. The minimum absolute atomic E-state index is 0.219. The summed E-state index contributed by atoms with van der Waals surface area (Å²) in [7, 11) is 0. The molecule has 2 atom stereocenters. The molecule has 2 saturated carbocycles. The zero-order valence-corrected chi connectivity index (χ0v) is 11.1. The van der Waals surface area contributed by atoms with Crippen LogP contribution in [-0.2, 0) is 9.53 Å². The van der Waals surface area contributed by atoms with Crippen molar-refractivity contribution in [2.24, 2.45) is 5.73 Å². The van der Waals surface area contributed by atoms with Crippen LogP contribution in [0, 0.1) is 0 Å². The van der Waals surface area contributed by atoms with E-state index in [0.717, 1.165) is 32.2 Å². The summed E-state index contributed by atoms with van der Waals surface area (Å²) in [5.41, 5.74) is 6.11. The van der Waals surface area contributed by atoms with Crippen LogP contribution in [0.1, 0.15) is 51.4 Å². The first-order valence-electron chi connectivity index (χ1n) is 7.38. The molecule has 1 aliphatic heterocycles. The van der Waals surface area contributed by atoms with E-state index in [9.17, 15) is 4.79 Å². The van der Waals surface area contributed by atoms with Gasteiger partial charge >= 0.3 is 0 Å². The summed E-state index contributed by atoms with van der Waals surface area (Å²) in [4.78, 5) is 14.6. The Morgan fingerprint density at radius 1 is 1.28 bits per heavy atom. The van der Waals surface area contributed by atoms with E-state index in [4.69, 9.17) is 10.5 Å². The van der Waals surface area contributed by atoms with Gasteiger partial charge in [-0.25, -0.2) is 0 Å². The van der Waals surface area contributed by atoms with Gasteiger partial charge in [-0.1, -0.05) is 12.8 Å². The van der Waals surface area contributed by atoms with Crippen LogP contribution in [0.2, 0.25) is 0 Å². The molecule has 4 nitrogen and oxygen atoms in total. The molecule has 0 aromatic carbocycles. The van der Waals surface area contributed by atoms with Crippen molar-refractivity contribution in [2.75, 3.05) is 13.2 Å². The maximum absolute atomic E-state index is 12.5. The van der Waals surface area contributed by atoms with Crippen LogP contribution in [0.4, 0.5) is 0 Å². The highest BCUT2D eigenvalue weighted by Gasteiger charge is 2.40. The second-order valence-electron chi connectivity index (χ2n) is 6.24. The predicted molar refractivity (Wildman–Crippen MR) is 69.1 cm³/mol. The van der Waals surface area contributed by atoms with Crippen molar-refractivity contribution >= 4 is 5.91 Å². The normalized spacial score (nSPS) is 34.6. The first-order chi connectivity index (χ1) is 8.68. The fourth-order valence-electron chi connectivity index (χ4n) is 3.89. The van der Waals surface area contributed by atoms with E-state index in [2.05, 4.69) is 4.90 Å². The highest BCUT2D eigenvalue weighted by atomic mass is 16.5. The molecule has 3 rings (SSSR count). The number of ether oxygens (including phenoxy) is 1. The molecule has 0 spiro atoms. The molecule has 1 heterocycles. The van der Waals surface area contributed by atoms with Crippen LogP contribution in [0.25, 0.3) is 0 Å². The minimum atomic E-state index is -0.219. The highest BCUT2D eigenvalue weighted by molar-refractivity contribution is 5.78. The van der Waals surface area contributed by atoms with Gasteiger partial charge in [-0.15, -0.1) is 0 Å². The second kappa shape index (κ2) is 4.82. The molecule has 4 heteroatoms. The summed E-state index contributed by atoms with van der Waals surface area (Å²) < 4.78 is 5.75. The Morgan fingerprint density at radius 2 is 2.06 bits per heavy atom. The number of morpholine rings is 1. The van der Waals surface area contributed by atoms with Crippen molar-refractivity contribution < 1.29 is 9.53 Å². The quantitative estimate of drug-likeness (QED) is 0.809. The fourth-order valence-corrected chi connectivity index (χ4v) is 3.89. The van der Waals surface area contributed by atoms with Gasteiger partial charge in [0.15, 0.2) is 0 Å². The summed E-state index contributed by atoms with van der Waals surface area (Å²) in [6, 6.07) is 0.330. The fraction of sp³-hybridized carbons (Fsp3) is 0.929. The standard InChI is InChI=1S/C14H24N2O2/c15-14(6-1-2-7-14)10-13(17)16-8-9-18-12-5-3-4-11(12)16/h11-12H,1-10,15H2. The highest BCUT2D eigenvalue weighted by Crippen LogP contribution is 2.34. The van der Waals surface area contributed by atoms with E-state index in [-0.39, 0.29) is 11.4 Å². The summed E-state index contributed by atoms with van der Waals surface area (Å²) in [5, 5.41) is 0. The van der Waals surface area contributed by atoms with Gasteiger partial charge in [0, 0.05) is 18.5 Å². The van der Waals surface area contributed by atoms with Gasteiger partial charge in [0.05, 0.1) is 18.8 Å². The molecule has 18 heavy (non-hydrogen) atoms. The van der Waals surface area contributed by atoms with Crippen LogP contribution in [0.3, 0.4) is 0 Å². The van der Waals surface area contributed by atoms with Crippen molar-refractivity contribution in [1.29, 1.82) is 0 Å². The molecule has 0 aromatic heterocycles. The third kappa shape index (κ3) is 2.28. The topological polar surface area (TPSA) is 55.6 Å². The van der Waals surface area contributed by atoms with Gasteiger partial charge in [-0.05, 0) is 32.1 Å². The maximum atomic E-state index is 12.5. The molecular formula is C14H24N2O2. The van der Waals surface area contributed by atoms with Gasteiger partial charge in [-0.2, -0.15) is 0 Å². The Balaban J connectivity index is 1.64. The molecule has 1 amide bonds. The number of amides is 1. The van der Waals surface area contributed by atoms with Gasteiger partial charge < -0.3 is 15.4 Å². The van der Waals surface area contributed by atoms with Crippen molar-refractivity contribution in [1.82, 2.24) is 4.90 Å². The van der Waals surface area contributed by atoms with Gasteiger partial charge in [0.1, 0.15) is 0 Å². The van der Waals surface area contributed by atoms with Gasteiger partial charge in [-0.3, -0.25) is 4.79 Å². The average molecular weight is 252 g/mol. The van der Waals surface area contributed by atoms with Crippen LogP contribution >= 0.6 is 0 Å². The van der Waals surface area contributed by atoms with E-state index < -0.39 is 0 Å². The Morgan fingerprint density at radius 3 is 2.83 bits per heavy atom.